The van der Waals surface area contributed by atoms with Gasteiger partial charge in [-0.1, -0.05) is 97.1 Å². The van der Waals surface area contributed by atoms with Gasteiger partial charge in [-0.3, -0.25) is 0 Å². The van der Waals surface area contributed by atoms with E-state index in [4.69, 9.17) is 0 Å². The summed E-state index contributed by atoms with van der Waals surface area (Å²) in [6.45, 7) is 2.04. The second-order valence-electron chi connectivity index (χ2n) is 8.36. The summed E-state index contributed by atoms with van der Waals surface area (Å²) in [5.74, 6) is 0.333. The molecule has 0 fully saturated rings. The van der Waals surface area contributed by atoms with Gasteiger partial charge in [0.05, 0.1) is 0 Å². The molecule has 0 aromatic heterocycles. The van der Waals surface area contributed by atoms with Crippen LogP contribution in [0.5, 0.6) is 0 Å². The second-order valence-corrected chi connectivity index (χ2v) is 8.36. The molecule has 152 valence electrons. The first-order chi connectivity index (χ1) is 15.7. The number of hydrogen-bond donors (Lipinski definition) is 1. The Bertz CT molecular complexity index is 1450. The minimum atomic E-state index is 0.333. The van der Waals surface area contributed by atoms with Crippen LogP contribution in [0.1, 0.15) is 18.1 Å². The highest BCUT2D eigenvalue weighted by molar-refractivity contribution is 6.16. The first-order valence-electron chi connectivity index (χ1n) is 10.9. The minimum absolute atomic E-state index is 0.333. The Labute approximate surface area is 186 Å². The van der Waals surface area contributed by atoms with Crippen molar-refractivity contribution < 1.29 is 5.11 Å². The number of fused-ring (bicyclic) bond motifs is 4. The van der Waals surface area contributed by atoms with Gasteiger partial charge in [0.1, 0.15) is 5.76 Å². The second kappa shape index (κ2) is 7.25. The smallest absolute Gasteiger partial charge is 0.127 e. The van der Waals surface area contributed by atoms with Gasteiger partial charge in [0, 0.05) is 5.56 Å². The molecule has 0 aliphatic rings. The molecule has 0 saturated heterocycles. The average Bonchev–Trinajstić information content (AvgIpc) is 2.85. The predicted octanol–water partition coefficient (Wildman–Crippen LogP) is 8.75. The lowest BCUT2D eigenvalue weighted by atomic mass is 9.89. The van der Waals surface area contributed by atoms with Crippen molar-refractivity contribution in [2.24, 2.45) is 0 Å². The molecule has 0 heterocycles. The Kier molecular flexibility index (Phi) is 4.22. The summed E-state index contributed by atoms with van der Waals surface area (Å²) in [6, 6.07) is 37.9. The van der Waals surface area contributed by atoms with E-state index in [1.165, 1.54) is 10.8 Å². The molecule has 0 spiro atoms. The summed E-state index contributed by atoms with van der Waals surface area (Å²) in [5.41, 5.74) is 2.88. The molecule has 0 saturated carbocycles. The zero-order valence-corrected chi connectivity index (χ0v) is 17.8. The van der Waals surface area contributed by atoms with Crippen LogP contribution in [0.25, 0.3) is 54.4 Å². The molecule has 6 rings (SSSR count). The number of aliphatic hydroxyl groups excluding tert-OH is 1. The maximum Gasteiger partial charge on any atom is 0.127 e. The number of rotatable bonds is 2. The Balaban J connectivity index is 1.77. The first-order valence-corrected chi connectivity index (χ1v) is 10.9. The molecule has 0 unspecified atom stereocenters. The summed E-state index contributed by atoms with van der Waals surface area (Å²) < 4.78 is 0. The molecule has 0 radical (unpaired) electrons. The molecule has 0 amide bonds. The Morgan fingerprint density at radius 2 is 0.781 bits per heavy atom. The van der Waals surface area contributed by atoms with Crippen LogP contribution in [0.4, 0.5) is 0 Å². The van der Waals surface area contributed by atoms with Crippen molar-refractivity contribution in [3.8, 4) is 0 Å². The fourth-order valence-corrected chi connectivity index (χ4v) is 4.99. The van der Waals surface area contributed by atoms with Gasteiger partial charge in [-0.15, -0.1) is 0 Å². The van der Waals surface area contributed by atoms with Crippen LogP contribution in [0, 0.1) is 0 Å². The molecule has 6 aromatic carbocycles. The largest absolute Gasteiger partial charge is 0.507 e. The highest BCUT2D eigenvalue weighted by Crippen LogP contribution is 2.39. The van der Waals surface area contributed by atoms with Crippen LogP contribution in [-0.2, 0) is 0 Å². The van der Waals surface area contributed by atoms with Gasteiger partial charge in [-0.05, 0) is 73.3 Å². The highest BCUT2D eigenvalue weighted by atomic mass is 16.3. The maximum atomic E-state index is 11.8. The third-order valence-electron chi connectivity index (χ3n) is 6.51. The van der Waals surface area contributed by atoms with E-state index in [0.29, 0.717) is 5.76 Å². The van der Waals surface area contributed by atoms with E-state index >= 15 is 0 Å². The van der Waals surface area contributed by atoms with Crippen molar-refractivity contribution in [1.29, 1.82) is 0 Å². The Morgan fingerprint density at radius 1 is 0.469 bits per heavy atom. The van der Waals surface area contributed by atoms with Gasteiger partial charge < -0.3 is 5.11 Å². The first kappa shape index (κ1) is 18.7. The number of hydrogen-bond acceptors (Lipinski definition) is 1. The van der Waals surface area contributed by atoms with E-state index in [2.05, 4.69) is 84.9 Å². The van der Waals surface area contributed by atoms with Gasteiger partial charge in [0.2, 0.25) is 0 Å². The van der Waals surface area contributed by atoms with Crippen LogP contribution < -0.4 is 0 Å². The molecule has 6 aromatic rings. The van der Waals surface area contributed by atoms with Gasteiger partial charge >= 0.3 is 0 Å². The van der Waals surface area contributed by atoms with Crippen LogP contribution in [0.15, 0.2) is 109 Å². The molecule has 0 bridgehead atoms. The van der Waals surface area contributed by atoms with Crippen molar-refractivity contribution in [3.63, 3.8) is 0 Å². The average molecular weight is 411 g/mol. The lowest BCUT2D eigenvalue weighted by Gasteiger charge is -2.17. The number of allylic oxidation sites excluding steroid dienone is 1. The van der Waals surface area contributed by atoms with E-state index < -0.39 is 0 Å². The lowest BCUT2D eigenvalue weighted by molar-refractivity contribution is 0.515. The molecular weight excluding hydrogens is 388 g/mol. The molecule has 0 atom stereocenters. The van der Waals surface area contributed by atoms with Gasteiger partial charge in [0.25, 0.3) is 0 Å². The van der Waals surface area contributed by atoms with E-state index in [1.807, 2.05) is 31.2 Å². The van der Waals surface area contributed by atoms with Gasteiger partial charge in [0.15, 0.2) is 0 Å². The Morgan fingerprint density at radius 3 is 1.16 bits per heavy atom. The van der Waals surface area contributed by atoms with Crippen molar-refractivity contribution in [1.82, 2.24) is 0 Å². The van der Waals surface area contributed by atoms with Crippen molar-refractivity contribution in [2.45, 2.75) is 6.92 Å². The van der Waals surface area contributed by atoms with Crippen LogP contribution >= 0.6 is 0 Å². The summed E-state index contributed by atoms with van der Waals surface area (Å²) >= 11 is 0. The maximum absolute atomic E-state index is 11.8. The molecule has 1 nitrogen and oxygen atoms in total. The van der Waals surface area contributed by atoms with Crippen molar-refractivity contribution in [3.05, 3.63) is 120 Å². The fourth-order valence-electron chi connectivity index (χ4n) is 4.99. The van der Waals surface area contributed by atoms with Gasteiger partial charge in [-0.2, -0.15) is 0 Å². The highest BCUT2D eigenvalue weighted by Gasteiger charge is 2.17. The van der Waals surface area contributed by atoms with E-state index in [-0.39, 0.29) is 0 Å². The van der Waals surface area contributed by atoms with Gasteiger partial charge in [-0.25, -0.2) is 0 Å². The normalized spacial score (nSPS) is 12.5. The molecule has 0 aliphatic carbocycles. The quantitative estimate of drug-likeness (QED) is 0.172. The van der Waals surface area contributed by atoms with Crippen LogP contribution in [0.3, 0.4) is 0 Å². The third kappa shape index (κ3) is 2.79. The summed E-state index contributed by atoms with van der Waals surface area (Å²) in [4.78, 5) is 0. The van der Waals surface area contributed by atoms with Crippen LogP contribution in [-0.4, -0.2) is 5.11 Å². The summed E-state index contributed by atoms with van der Waals surface area (Å²) in [6.07, 6.45) is 0. The van der Waals surface area contributed by atoms with Crippen LogP contribution in [0.2, 0.25) is 0 Å². The topological polar surface area (TPSA) is 20.2 Å². The molecule has 32 heavy (non-hydrogen) atoms. The minimum Gasteiger partial charge on any atom is -0.507 e. The zero-order chi connectivity index (χ0) is 21.7. The summed E-state index contributed by atoms with van der Waals surface area (Å²) in [5, 5.41) is 20.9. The van der Waals surface area contributed by atoms with E-state index in [0.717, 1.165) is 49.0 Å². The SMILES string of the molecule is C/C(=C(\O)c1c2ccccc2cc2ccccc12)c1c2ccccc2cc2ccccc12. The van der Waals surface area contributed by atoms with E-state index in [1.54, 1.807) is 0 Å². The zero-order valence-electron chi connectivity index (χ0n) is 17.8. The van der Waals surface area contributed by atoms with Crippen molar-refractivity contribution in [2.75, 3.05) is 0 Å². The molecule has 1 N–H and O–H groups in total. The monoisotopic (exact) mass is 410 g/mol. The number of benzene rings is 6. The third-order valence-corrected chi connectivity index (χ3v) is 6.51. The molecule has 1 heteroatoms. The van der Waals surface area contributed by atoms with Crippen molar-refractivity contribution >= 4 is 54.4 Å². The fraction of sp³-hybridized carbons (Fsp3) is 0.0323. The Hall–Kier alpha value is -4.10. The predicted molar refractivity (Wildman–Crippen MR) is 138 cm³/mol. The lowest BCUT2D eigenvalue weighted by Crippen LogP contribution is -1.95. The standard InChI is InChI=1S/C31H22O/c1-20(29-25-14-6-2-10-21(25)18-22-11-3-7-15-26(22)29)31(32)30-27-16-8-4-12-23(27)19-24-13-5-9-17-28(24)30/h2-19,32H,1H3/b31-20+. The number of aliphatic hydroxyl groups is 1. The van der Waals surface area contributed by atoms with E-state index in [9.17, 15) is 5.11 Å². The summed E-state index contributed by atoms with van der Waals surface area (Å²) in [7, 11) is 0. The molecular formula is C31H22O. The molecule has 0 aliphatic heterocycles.